The fraction of sp³-hybridized carbons (Fsp3) is 0.231. The van der Waals surface area contributed by atoms with Crippen LogP contribution >= 0.6 is 0 Å². The zero-order valence-electron chi connectivity index (χ0n) is 10.1. The van der Waals surface area contributed by atoms with Crippen molar-refractivity contribution in [3.63, 3.8) is 0 Å². The van der Waals surface area contributed by atoms with Gasteiger partial charge in [-0.25, -0.2) is 9.97 Å². The third-order valence-corrected chi connectivity index (χ3v) is 2.67. The first kappa shape index (κ1) is 11.4. The summed E-state index contributed by atoms with van der Waals surface area (Å²) >= 11 is 0. The van der Waals surface area contributed by atoms with Gasteiger partial charge in [-0.1, -0.05) is 6.07 Å². The quantitative estimate of drug-likeness (QED) is 0.791. The molecule has 17 heavy (non-hydrogen) atoms. The van der Waals surface area contributed by atoms with Gasteiger partial charge in [-0.2, -0.15) is 0 Å². The predicted octanol–water partition coefficient (Wildman–Crippen LogP) is 2.29. The molecule has 0 fully saturated rings. The molecule has 0 amide bonds. The largest absolute Gasteiger partial charge is 0.398 e. The maximum Gasteiger partial charge on any atom is 0.125 e. The van der Waals surface area contributed by atoms with Crippen molar-refractivity contribution in [2.45, 2.75) is 20.4 Å². The monoisotopic (exact) mass is 228 g/mol. The third kappa shape index (κ3) is 2.72. The molecule has 0 aliphatic heterocycles. The minimum atomic E-state index is 0.674. The number of aromatic nitrogens is 2. The number of nitrogen functional groups attached to an aromatic ring is 1. The highest BCUT2D eigenvalue weighted by atomic mass is 14.9. The topological polar surface area (TPSA) is 63.8 Å². The van der Waals surface area contributed by atoms with Crippen molar-refractivity contribution in [3.05, 3.63) is 47.5 Å². The van der Waals surface area contributed by atoms with E-state index in [0.717, 1.165) is 28.5 Å². The first-order chi connectivity index (χ1) is 8.16. The average Bonchev–Trinajstić information content (AvgIpc) is 2.31. The molecule has 0 saturated carbocycles. The minimum Gasteiger partial charge on any atom is -0.398 e. The lowest BCUT2D eigenvalue weighted by molar-refractivity contribution is 0.954. The number of aryl methyl sites for hydroxylation is 1. The molecule has 1 heterocycles. The molecule has 0 bridgehead atoms. The normalized spacial score (nSPS) is 10.2. The van der Waals surface area contributed by atoms with Crippen LogP contribution in [-0.2, 0) is 6.54 Å². The van der Waals surface area contributed by atoms with E-state index in [9.17, 15) is 0 Å². The molecule has 0 atom stereocenters. The number of hydrogen-bond donors (Lipinski definition) is 2. The lowest BCUT2D eigenvalue weighted by Gasteiger charge is -2.10. The van der Waals surface area contributed by atoms with E-state index in [1.165, 1.54) is 0 Å². The van der Waals surface area contributed by atoms with Gasteiger partial charge in [0.2, 0.25) is 0 Å². The van der Waals surface area contributed by atoms with Gasteiger partial charge in [-0.3, -0.25) is 0 Å². The summed E-state index contributed by atoms with van der Waals surface area (Å²) in [5.41, 5.74) is 9.73. The summed E-state index contributed by atoms with van der Waals surface area (Å²) in [5.74, 6) is 0.786. The van der Waals surface area contributed by atoms with Crippen LogP contribution in [0.2, 0.25) is 0 Å². The molecule has 88 valence electrons. The molecule has 0 aliphatic carbocycles. The number of hydrogen-bond acceptors (Lipinski definition) is 4. The van der Waals surface area contributed by atoms with Gasteiger partial charge in [-0.15, -0.1) is 0 Å². The molecule has 1 aromatic carbocycles. The first-order valence-electron chi connectivity index (χ1n) is 5.54. The van der Waals surface area contributed by atoms with E-state index >= 15 is 0 Å². The van der Waals surface area contributed by atoms with E-state index in [0.29, 0.717) is 6.54 Å². The van der Waals surface area contributed by atoms with Crippen LogP contribution < -0.4 is 11.1 Å². The lowest BCUT2D eigenvalue weighted by atomic mass is 10.1. The molecule has 0 saturated heterocycles. The zero-order chi connectivity index (χ0) is 12.3. The van der Waals surface area contributed by atoms with Gasteiger partial charge >= 0.3 is 0 Å². The molecule has 0 aliphatic rings. The van der Waals surface area contributed by atoms with Gasteiger partial charge in [0.1, 0.15) is 5.82 Å². The Labute approximate surface area is 101 Å². The molecule has 0 spiro atoms. The Bertz CT molecular complexity index is 523. The fourth-order valence-corrected chi connectivity index (χ4v) is 1.63. The highest BCUT2D eigenvalue weighted by molar-refractivity contribution is 5.62. The molecule has 0 radical (unpaired) electrons. The summed E-state index contributed by atoms with van der Waals surface area (Å²) in [7, 11) is 0. The number of rotatable bonds is 3. The molecular weight excluding hydrogens is 212 g/mol. The van der Waals surface area contributed by atoms with E-state index in [2.05, 4.69) is 15.3 Å². The Morgan fingerprint density at radius 3 is 2.82 bits per heavy atom. The average molecular weight is 228 g/mol. The van der Waals surface area contributed by atoms with Crippen LogP contribution in [0.5, 0.6) is 0 Å². The van der Waals surface area contributed by atoms with Crippen molar-refractivity contribution >= 4 is 11.4 Å². The van der Waals surface area contributed by atoms with Gasteiger partial charge in [0.05, 0.1) is 12.2 Å². The Morgan fingerprint density at radius 2 is 2.06 bits per heavy atom. The van der Waals surface area contributed by atoms with E-state index in [1.807, 2.05) is 38.1 Å². The van der Waals surface area contributed by atoms with Crippen LogP contribution in [0.4, 0.5) is 11.4 Å². The molecule has 4 heteroatoms. The van der Waals surface area contributed by atoms with Crippen LogP contribution in [0.3, 0.4) is 0 Å². The summed E-state index contributed by atoms with van der Waals surface area (Å²) in [6, 6.07) is 7.76. The summed E-state index contributed by atoms with van der Waals surface area (Å²) < 4.78 is 0. The molecule has 2 aromatic rings. The second-order valence-corrected chi connectivity index (χ2v) is 3.97. The molecular formula is C13H16N4. The van der Waals surface area contributed by atoms with E-state index in [4.69, 9.17) is 5.73 Å². The summed E-state index contributed by atoms with van der Waals surface area (Å²) in [4.78, 5) is 8.40. The second-order valence-electron chi connectivity index (χ2n) is 3.97. The van der Waals surface area contributed by atoms with Gasteiger partial charge in [0, 0.05) is 17.6 Å². The van der Waals surface area contributed by atoms with Crippen LogP contribution in [0.1, 0.15) is 17.1 Å². The van der Waals surface area contributed by atoms with E-state index in [-0.39, 0.29) is 0 Å². The minimum absolute atomic E-state index is 0.674. The maximum atomic E-state index is 5.85. The summed E-state index contributed by atoms with van der Waals surface area (Å²) in [5, 5.41) is 3.33. The zero-order valence-corrected chi connectivity index (χ0v) is 10.1. The van der Waals surface area contributed by atoms with Crippen molar-refractivity contribution in [2.75, 3.05) is 11.1 Å². The maximum absolute atomic E-state index is 5.85. The lowest BCUT2D eigenvalue weighted by Crippen LogP contribution is -2.05. The van der Waals surface area contributed by atoms with Crippen molar-refractivity contribution in [1.29, 1.82) is 0 Å². The smallest absolute Gasteiger partial charge is 0.125 e. The molecule has 4 nitrogen and oxygen atoms in total. The number of benzene rings is 1. The summed E-state index contributed by atoms with van der Waals surface area (Å²) in [6.45, 7) is 4.56. The third-order valence-electron chi connectivity index (χ3n) is 2.67. The van der Waals surface area contributed by atoms with Gasteiger partial charge < -0.3 is 11.1 Å². The molecule has 0 unspecified atom stereocenters. The van der Waals surface area contributed by atoms with Gasteiger partial charge in [0.25, 0.3) is 0 Å². The van der Waals surface area contributed by atoms with Crippen LogP contribution in [0.15, 0.2) is 30.5 Å². The Hall–Kier alpha value is -2.10. The van der Waals surface area contributed by atoms with E-state index < -0.39 is 0 Å². The molecule has 3 N–H and O–H groups in total. The molecule has 2 rings (SSSR count). The van der Waals surface area contributed by atoms with Crippen LogP contribution in [0.25, 0.3) is 0 Å². The van der Waals surface area contributed by atoms with Crippen molar-refractivity contribution in [3.8, 4) is 0 Å². The van der Waals surface area contributed by atoms with Crippen LogP contribution in [-0.4, -0.2) is 9.97 Å². The van der Waals surface area contributed by atoms with Crippen molar-refractivity contribution in [2.24, 2.45) is 0 Å². The van der Waals surface area contributed by atoms with Crippen LogP contribution in [0, 0.1) is 13.8 Å². The van der Waals surface area contributed by atoms with Crippen molar-refractivity contribution in [1.82, 2.24) is 9.97 Å². The number of nitrogens with zero attached hydrogens (tertiary/aromatic N) is 2. The Balaban J connectivity index is 2.10. The van der Waals surface area contributed by atoms with Gasteiger partial charge in [-0.05, 0) is 37.6 Å². The highest BCUT2D eigenvalue weighted by Gasteiger charge is 2.01. The van der Waals surface area contributed by atoms with E-state index in [1.54, 1.807) is 6.20 Å². The SMILES string of the molecule is Cc1nccc(CNc2cccc(N)c2C)n1. The summed E-state index contributed by atoms with van der Waals surface area (Å²) in [6.07, 6.45) is 1.77. The fourth-order valence-electron chi connectivity index (χ4n) is 1.63. The number of nitrogens with one attached hydrogen (secondary N) is 1. The number of nitrogens with two attached hydrogens (primary N) is 1. The first-order valence-corrected chi connectivity index (χ1v) is 5.54. The second kappa shape index (κ2) is 4.82. The molecule has 1 aromatic heterocycles. The highest BCUT2D eigenvalue weighted by Crippen LogP contribution is 2.20. The van der Waals surface area contributed by atoms with Gasteiger partial charge in [0.15, 0.2) is 0 Å². The van der Waals surface area contributed by atoms with Crippen molar-refractivity contribution < 1.29 is 0 Å². The Kier molecular flexibility index (Phi) is 3.23. The predicted molar refractivity (Wildman–Crippen MR) is 69.7 cm³/mol. The Morgan fingerprint density at radius 1 is 1.24 bits per heavy atom. The standard InChI is InChI=1S/C13H16N4/c1-9-12(14)4-3-5-13(9)16-8-11-6-7-15-10(2)17-11/h3-7,16H,8,14H2,1-2H3. The number of anilines is 2.